The molecule has 0 saturated carbocycles. The van der Waals surface area contributed by atoms with Gasteiger partial charge in [0.05, 0.1) is 0 Å². The van der Waals surface area contributed by atoms with Gasteiger partial charge in [0.25, 0.3) is 5.91 Å². The smallest absolute Gasteiger partial charge is 0.258 e. The highest BCUT2D eigenvalue weighted by molar-refractivity contribution is 7.80. The summed E-state index contributed by atoms with van der Waals surface area (Å²) in [6, 6.07) is 16.8. The van der Waals surface area contributed by atoms with E-state index in [-0.39, 0.29) is 11.0 Å². The lowest BCUT2D eigenvalue weighted by molar-refractivity contribution is 0.0979. The fraction of sp³-hybridized carbons (Fsp3) is 0.125. The van der Waals surface area contributed by atoms with Crippen LogP contribution in [0.3, 0.4) is 0 Å². The van der Waals surface area contributed by atoms with E-state index in [2.05, 4.69) is 25.9 Å². The second-order valence-corrected chi connectivity index (χ2v) is 9.42. The zero-order valence-corrected chi connectivity index (χ0v) is 20.7. The highest BCUT2D eigenvalue weighted by Crippen LogP contribution is 2.29. The van der Waals surface area contributed by atoms with E-state index in [0.717, 1.165) is 49.8 Å². The van der Waals surface area contributed by atoms with Crippen LogP contribution in [-0.2, 0) is 6.42 Å². The molecule has 0 aliphatic heterocycles. The summed E-state index contributed by atoms with van der Waals surface area (Å²) in [5.74, 6) is 0.535. The number of carbonyl (C=O) groups excluding carboxylic acids is 1. The highest BCUT2D eigenvalue weighted by Gasteiger charge is 2.15. The Hall–Kier alpha value is -3.40. The number of rotatable bonds is 4. The molecule has 0 unspecified atom stereocenters. The van der Waals surface area contributed by atoms with Crippen molar-refractivity contribution in [2.75, 3.05) is 5.32 Å². The molecule has 10 heteroatoms. The lowest BCUT2D eigenvalue weighted by atomic mass is 10.0. The van der Waals surface area contributed by atoms with Crippen LogP contribution in [-0.4, -0.2) is 30.8 Å². The van der Waals surface area contributed by atoms with Crippen molar-refractivity contribution in [3.63, 3.8) is 0 Å². The standard InChI is InChI=1S/C24H19ClN6OS2/c1-3-20-28-29-24-31(20)30-22(34-24)14-10-11-19(13(2)12-14)26-23(33)27-21(32)17-8-4-7-16-15(17)6-5-9-18(16)25/h4-12H,3H2,1-2H3,(H2,26,27,32,33). The Kier molecular flexibility index (Phi) is 5.99. The molecular formula is C24H19ClN6OS2. The van der Waals surface area contributed by atoms with Gasteiger partial charge in [-0.25, -0.2) is 0 Å². The molecule has 0 spiro atoms. The minimum atomic E-state index is -0.300. The maximum Gasteiger partial charge on any atom is 0.258 e. The summed E-state index contributed by atoms with van der Waals surface area (Å²) in [6.45, 7) is 4.00. The van der Waals surface area contributed by atoms with Gasteiger partial charge in [0.15, 0.2) is 10.9 Å². The summed E-state index contributed by atoms with van der Waals surface area (Å²) in [6.07, 6.45) is 0.765. The fourth-order valence-electron chi connectivity index (χ4n) is 3.73. The van der Waals surface area contributed by atoms with Crippen molar-refractivity contribution in [1.82, 2.24) is 25.1 Å². The van der Waals surface area contributed by atoms with Crippen LogP contribution in [0.2, 0.25) is 5.02 Å². The van der Waals surface area contributed by atoms with Crippen molar-refractivity contribution < 1.29 is 4.79 Å². The molecule has 2 N–H and O–H groups in total. The summed E-state index contributed by atoms with van der Waals surface area (Å²) in [5.41, 5.74) is 3.24. The molecule has 0 aliphatic carbocycles. The first kappa shape index (κ1) is 22.4. The first-order valence-corrected chi connectivity index (χ1v) is 12.2. The Balaban J connectivity index is 1.32. The summed E-state index contributed by atoms with van der Waals surface area (Å²) in [7, 11) is 0. The number of aromatic nitrogens is 4. The van der Waals surface area contributed by atoms with Crippen molar-refractivity contribution in [2.45, 2.75) is 20.3 Å². The van der Waals surface area contributed by atoms with E-state index in [9.17, 15) is 4.79 Å². The maximum absolute atomic E-state index is 12.9. The van der Waals surface area contributed by atoms with Gasteiger partial charge in [-0.1, -0.05) is 54.1 Å². The summed E-state index contributed by atoms with van der Waals surface area (Å²) >= 11 is 13.2. The van der Waals surface area contributed by atoms with Crippen LogP contribution in [0.25, 0.3) is 26.3 Å². The van der Waals surface area contributed by atoms with Gasteiger partial charge in [-0.2, -0.15) is 9.61 Å². The first-order chi connectivity index (χ1) is 16.4. The number of benzene rings is 3. The third-order valence-corrected chi connectivity index (χ3v) is 6.92. The number of amides is 1. The monoisotopic (exact) mass is 506 g/mol. The molecule has 1 amide bonds. The number of halogens is 1. The topological polar surface area (TPSA) is 84.2 Å². The largest absolute Gasteiger partial charge is 0.332 e. The Morgan fingerprint density at radius 3 is 2.71 bits per heavy atom. The van der Waals surface area contributed by atoms with Crippen molar-refractivity contribution in [2.24, 2.45) is 0 Å². The summed E-state index contributed by atoms with van der Waals surface area (Å²) < 4.78 is 1.78. The van der Waals surface area contributed by atoms with Crippen LogP contribution in [0.4, 0.5) is 5.69 Å². The predicted octanol–water partition coefficient (Wildman–Crippen LogP) is 5.66. The molecule has 7 nitrogen and oxygen atoms in total. The molecule has 0 saturated heterocycles. The van der Waals surface area contributed by atoms with Gasteiger partial charge in [-0.05, 0) is 60.4 Å². The average molecular weight is 507 g/mol. The first-order valence-electron chi connectivity index (χ1n) is 10.6. The van der Waals surface area contributed by atoms with Gasteiger partial charge in [0.2, 0.25) is 4.96 Å². The molecule has 2 aromatic heterocycles. The number of hydrogen-bond donors (Lipinski definition) is 2. The van der Waals surface area contributed by atoms with E-state index >= 15 is 0 Å². The van der Waals surface area contributed by atoms with Crippen molar-refractivity contribution in [3.8, 4) is 10.6 Å². The van der Waals surface area contributed by atoms with Crippen LogP contribution in [0.5, 0.6) is 0 Å². The summed E-state index contributed by atoms with van der Waals surface area (Å²) in [5, 5.41) is 22.1. The molecule has 5 rings (SSSR count). The molecule has 5 aromatic rings. The second kappa shape index (κ2) is 9.09. The van der Waals surface area contributed by atoms with E-state index in [4.69, 9.17) is 23.8 Å². The molecule has 170 valence electrons. The summed E-state index contributed by atoms with van der Waals surface area (Å²) in [4.78, 5) is 13.7. The van der Waals surface area contributed by atoms with Crippen molar-refractivity contribution >= 4 is 67.6 Å². The Morgan fingerprint density at radius 1 is 1.12 bits per heavy atom. The third-order valence-electron chi connectivity index (χ3n) is 5.43. The highest BCUT2D eigenvalue weighted by atomic mass is 35.5. The minimum Gasteiger partial charge on any atom is -0.332 e. The van der Waals surface area contributed by atoms with E-state index in [1.54, 1.807) is 22.7 Å². The van der Waals surface area contributed by atoms with Crippen molar-refractivity contribution in [3.05, 3.63) is 76.6 Å². The van der Waals surface area contributed by atoms with E-state index < -0.39 is 0 Å². The average Bonchev–Trinajstić information content (AvgIpc) is 3.41. The minimum absolute atomic E-state index is 0.214. The predicted molar refractivity (Wildman–Crippen MR) is 141 cm³/mol. The number of carbonyl (C=O) groups is 1. The Bertz CT molecular complexity index is 1570. The van der Waals surface area contributed by atoms with Crippen LogP contribution in [0.15, 0.2) is 54.6 Å². The zero-order chi connectivity index (χ0) is 23.8. The van der Waals surface area contributed by atoms with Gasteiger partial charge in [-0.3, -0.25) is 10.1 Å². The van der Waals surface area contributed by atoms with E-state index in [0.29, 0.717) is 10.6 Å². The van der Waals surface area contributed by atoms with Crippen molar-refractivity contribution in [1.29, 1.82) is 0 Å². The fourth-order valence-corrected chi connectivity index (χ4v) is 5.02. The third kappa shape index (κ3) is 4.13. The number of nitrogens with one attached hydrogen (secondary N) is 2. The van der Waals surface area contributed by atoms with Crippen LogP contribution < -0.4 is 10.6 Å². The molecule has 0 aliphatic rings. The van der Waals surface area contributed by atoms with Crippen LogP contribution >= 0.6 is 35.2 Å². The number of fused-ring (bicyclic) bond motifs is 2. The molecule has 3 aromatic carbocycles. The Labute approximate surface area is 209 Å². The van der Waals surface area contributed by atoms with E-state index in [1.807, 2.05) is 50.2 Å². The number of anilines is 1. The van der Waals surface area contributed by atoms with Gasteiger partial charge >= 0.3 is 0 Å². The quantitative estimate of drug-likeness (QED) is 0.306. The molecule has 34 heavy (non-hydrogen) atoms. The van der Waals surface area contributed by atoms with E-state index in [1.165, 1.54) is 11.3 Å². The van der Waals surface area contributed by atoms with Gasteiger partial charge in [-0.15, -0.1) is 10.2 Å². The van der Waals surface area contributed by atoms with Crippen LogP contribution in [0, 0.1) is 6.92 Å². The Morgan fingerprint density at radius 2 is 1.91 bits per heavy atom. The number of thiocarbonyl (C=S) groups is 1. The van der Waals surface area contributed by atoms with Gasteiger partial charge < -0.3 is 5.32 Å². The lowest BCUT2D eigenvalue weighted by Gasteiger charge is -2.13. The molecular weight excluding hydrogens is 488 g/mol. The number of nitrogens with zero attached hydrogens (tertiary/aromatic N) is 4. The SMILES string of the molecule is CCc1nnc2sc(-c3ccc(NC(=S)NC(=O)c4cccc5c(Cl)cccc45)c(C)c3)nn12. The molecule has 0 atom stereocenters. The normalized spacial score (nSPS) is 11.1. The van der Waals surface area contributed by atoms with Gasteiger partial charge in [0, 0.05) is 33.6 Å². The van der Waals surface area contributed by atoms with Gasteiger partial charge in [0.1, 0.15) is 5.01 Å². The number of hydrogen-bond acceptors (Lipinski definition) is 6. The maximum atomic E-state index is 12.9. The second-order valence-electron chi connectivity index (χ2n) is 7.65. The molecule has 0 bridgehead atoms. The molecule has 0 fully saturated rings. The zero-order valence-electron chi connectivity index (χ0n) is 18.3. The van der Waals surface area contributed by atoms with Crippen LogP contribution in [0.1, 0.15) is 28.7 Å². The molecule has 2 heterocycles. The lowest BCUT2D eigenvalue weighted by Crippen LogP contribution is -2.34. The number of aryl methyl sites for hydroxylation is 2. The molecule has 0 radical (unpaired) electrons.